The Labute approximate surface area is 133 Å². The fourth-order valence-corrected chi connectivity index (χ4v) is 2.32. The quantitative estimate of drug-likeness (QED) is 0.700. The number of rotatable bonds is 3. The molecule has 108 valence electrons. The maximum Gasteiger partial charge on any atom is 0.150 e. The number of anilines is 1. The van der Waals surface area contributed by atoms with Crippen molar-refractivity contribution in [3.05, 3.63) is 65.1 Å². The highest BCUT2D eigenvalue weighted by Gasteiger charge is 2.08. The Bertz CT molecular complexity index is 869. The van der Waals surface area contributed by atoms with E-state index in [1.807, 2.05) is 49.4 Å². The van der Waals surface area contributed by atoms with Gasteiger partial charge in [0.15, 0.2) is 5.82 Å². The molecule has 0 radical (unpaired) electrons. The predicted octanol–water partition coefficient (Wildman–Crippen LogP) is 4.50. The number of H-pyrrole nitrogens is 1. The first-order chi connectivity index (χ1) is 10.7. The van der Waals surface area contributed by atoms with Crippen LogP contribution >= 0.6 is 11.6 Å². The first-order valence-electron chi connectivity index (χ1n) is 6.76. The van der Waals surface area contributed by atoms with Crippen LogP contribution in [0.1, 0.15) is 11.4 Å². The molecule has 0 aliphatic rings. The molecule has 0 atom stereocenters. The summed E-state index contributed by atoms with van der Waals surface area (Å²) in [6, 6.07) is 15.4. The number of fused-ring (bicyclic) bond motifs is 1. The lowest BCUT2D eigenvalue weighted by atomic mass is 10.2. The van der Waals surface area contributed by atoms with Crippen LogP contribution in [-0.4, -0.2) is 9.97 Å². The lowest BCUT2D eigenvalue weighted by Gasteiger charge is -2.07. The summed E-state index contributed by atoms with van der Waals surface area (Å²) in [6.45, 7) is 1.92. The molecule has 0 unspecified atom stereocenters. The SMILES string of the molecule is Cc1c(Cl)cccc1N/C=C(\C#N)c1nc2ccccc2[nH]1. The van der Waals surface area contributed by atoms with Crippen molar-refractivity contribution in [1.29, 1.82) is 5.26 Å². The van der Waals surface area contributed by atoms with Crippen LogP contribution in [0, 0.1) is 18.3 Å². The fourth-order valence-electron chi connectivity index (χ4n) is 2.15. The predicted molar refractivity (Wildman–Crippen MR) is 89.5 cm³/mol. The van der Waals surface area contributed by atoms with Crippen LogP contribution in [-0.2, 0) is 0 Å². The van der Waals surface area contributed by atoms with E-state index in [1.165, 1.54) is 0 Å². The summed E-state index contributed by atoms with van der Waals surface area (Å²) in [5.41, 5.74) is 3.95. The van der Waals surface area contributed by atoms with Crippen LogP contribution in [0.5, 0.6) is 0 Å². The van der Waals surface area contributed by atoms with E-state index < -0.39 is 0 Å². The second-order valence-electron chi connectivity index (χ2n) is 4.83. The third kappa shape index (κ3) is 2.67. The molecule has 2 N–H and O–H groups in total. The number of para-hydroxylation sites is 2. The minimum atomic E-state index is 0.426. The average molecular weight is 309 g/mol. The van der Waals surface area contributed by atoms with E-state index in [-0.39, 0.29) is 0 Å². The van der Waals surface area contributed by atoms with E-state index >= 15 is 0 Å². The first-order valence-corrected chi connectivity index (χ1v) is 7.14. The molecule has 0 aliphatic heterocycles. The first kappa shape index (κ1) is 14.2. The Balaban J connectivity index is 1.93. The van der Waals surface area contributed by atoms with Crippen molar-refractivity contribution in [2.75, 3.05) is 5.32 Å². The van der Waals surface area contributed by atoms with Crippen LogP contribution in [0.25, 0.3) is 16.6 Å². The van der Waals surface area contributed by atoms with Crippen LogP contribution < -0.4 is 5.32 Å². The van der Waals surface area contributed by atoms with Gasteiger partial charge >= 0.3 is 0 Å². The van der Waals surface area contributed by atoms with Gasteiger partial charge in [0.2, 0.25) is 0 Å². The van der Waals surface area contributed by atoms with Crippen LogP contribution in [0.3, 0.4) is 0 Å². The Morgan fingerprint density at radius 1 is 1.27 bits per heavy atom. The number of allylic oxidation sites excluding steroid dienone is 1. The maximum atomic E-state index is 9.36. The molecule has 3 rings (SSSR count). The largest absolute Gasteiger partial charge is 0.360 e. The molecule has 1 aromatic heterocycles. The topological polar surface area (TPSA) is 64.5 Å². The van der Waals surface area contributed by atoms with E-state index in [9.17, 15) is 5.26 Å². The average Bonchev–Trinajstić information content (AvgIpc) is 2.95. The minimum absolute atomic E-state index is 0.426. The standard InChI is InChI=1S/C17H13ClN4/c1-11-13(18)5-4-8-14(11)20-10-12(9-19)17-21-15-6-2-3-7-16(15)22-17/h2-8,10,20H,1H3,(H,21,22)/b12-10+. The molecule has 0 saturated heterocycles. The smallest absolute Gasteiger partial charge is 0.150 e. The summed E-state index contributed by atoms with van der Waals surface area (Å²) < 4.78 is 0. The zero-order valence-electron chi connectivity index (χ0n) is 11.9. The van der Waals surface area contributed by atoms with Crippen molar-refractivity contribution in [1.82, 2.24) is 9.97 Å². The third-order valence-corrected chi connectivity index (χ3v) is 3.81. The van der Waals surface area contributed by atoms with Gasteiger partial charge in [-0.2, -0.15) is 5.26 Å². The zero-order chi connectivity index (χ0) is 15.5. The number of nitrogens with zero attached hydrogens (tertiary/aromatic N) is 2. The van der Waals surface area contributed by atoms with Crippen molar-refractivity contribution >= 4 is 33.9 Å². The van der Waals surface area contributed by atoms with E-state index in [0.717, 1.165) is 22.3 Å². The van der Waals surface area contributed by atoms with Gasteiger partial charge in [-0.3, -0.25) is 0 Å². The molecule has 5 heteroatoms. The normalized spacial score (nSPS) is 11.4. The molecule has 0 bridgehead atoms. The number of aromatic amines is 1. The molecule has 0 spiro atoms. The summed E-state index contributed by atoms with van der Waals surface area (Å²) >= 11 is 6.09. The number of nitriles is 1. The third-order valence-electron chi connectivity index (χ3n) is 3.40. The van der Waals surface area contributed by atoms with Gasteiger partial charge in [-0.15, -0.1) is 0 Å². The van der Waals surface area contributed by atoms with Crippen LogP contribution in [0.15, 0.2) is 48.7 Å². The molecular formula is C17H13ClN4. The van der Waals surface area contributed by atoms with Crippen LogP contribution in [0.2, 0.25) is 5.02 Å². The Morgan fingerprint density at radius 3 is 2.86 bits per heavy atom. The van der Waals surface area contributed by atoms with Gasteiger partial charge in [0.1, 0.15) is 11.6 Å². The molecule has 0 fully saturated rings. The number of benzene rings is 2. The monoisotopic (exact) mass is 308 g/mol. The van der Waals surface area contributed by atoms with E-state index in [2.05, 4.69) is 21.4 Å². The van der Waals surface area contributed by atoms with E-state index in [4.69, 9.17) is 11.6 Å². The van der Waals surface area contributed by atoms with E-state index in [0.29, 0.717) is 16.4 Å². The number of nitrogens with one attached hydrogen (secondary N) is 2. The van der Waals surface area contributed by atoms with Gasteiger partial charge in [0.25, 0.3) is 0 Å². The lowest BCUT2D eigenvalue weighted by Crippen LogP contribution is -1.95. The molecule has 4 nitrogen and oxygen atoms in total. The molecular weight excluding hydrogens is 296 g/mol. The fraction of sp³-hybridized carbons (Fsp3) is 0.0588. The number of hydrogen-bond acceptors (Lipinski definition) is 3. The summed E-state index contributed by atoms with van der Waals surface area (Å²) in [4.78, 5) is 7.56. The number of hydrogen-bond donors (Lipinski definition) is 2. The van der Waals surface area contributed by atoms with Crippen molar-refractivity contribution in [2.45, 2.75) is 6.92 Å². The van der Waals surface area contributed by atoms with Crippen molar-refractivity contribution in [3.63, 3.8) is 0 Å². The van der Waals surface area contributed by atoms with Gasteiger partial charge in [0.05, 0.1) is 11.0 Å². The van der Waals surface area contributed by atoms with Gasteiger partial charge in [-0.05, 0) is 36.8 Å². The van der Waals surface area contributed by atoms with Gasteiger partial charge in [0, 0.05) is 16.9 Å². The Hall–Kier alpha value is -2.77. The summed E-state index contributed by atoms with van der Waals surface area (Å²) in [6.07, 6.45) is 1.64. The number of halogens is 1. The molecule has 22 heavy (non-hydrogen) atoms. The van der Waals surface area contributed by atoms with Gasteiger partial charge in [-0.1, -0.05) is 29.8 Å². The molecule has 3 aromatic rings. The highest BCUT2D eigenvalue weighted by atomic mass is 35.5. The molecule has 0 amide bonds. The summed E-state index contributed by atoms with van der Waals surface area (Å²) in [7, 11) is 0. The van der Waals surface area contributed by atoms with Crippen molar-refractivity contribution < 1.29 is 0 Å². The minimum Gasteiger partial charge on any atom is -0.360 e. The van der Waals surface area contributed by atoms with Crippen molar-refractivity contribution in [3.8, 4) is 6.07 Å². The molecule has 2 aromatic carbocycles. The summed E-state index contributed by atoms with van der Waals surface area (Å²) in [5.74, 6) is 0.538. The van der Waals surface area contributed by atoms with Gasteiger partial charge < -0.3 is 10.3 Å². The number of aromatic nitrogens is 2. The molecule has 0 saturated carbocycles. The highest BCUT2D eigenvalue weighted by molar-refractivity contribution is 6.31. The van der Waals surface area contributed by atoms with E-state index in [1.54, 1.807) is 6.20 Å². The molecule has 0 aliphatic carbocycles. The Kier molecular flexibility index (Phi) is 3.82. The zero-order valence-corrected chi connectivity index (χ0v) is 12.6. The summed E-state index contributed by atoms with van der Waals surface area (Å²) in [5, 5.41) is 13.2. The maximum absolute atomic E-state index is 9.36. The Morgan fingerprint density at radius 2 is 2.09 bits per heavy atom. The number of imidazole rings is 1. The van der Waals surface area contributed by atoms with Crippen molar-refractivity contribution in [2.24, 2.45) is 0 Å². The highest BCUT2D eigenvalue weighted by Crippen LogP contribution is 2.24. The van der Waals surface area contributed by atoms with Gasteiger partial charge in [-0.25, -0.2) is 4.98 Å². The molecule has 1 heterocycles. The second-order valence-corrected chi connectivity index (χ2v) is 5.24. The second kappa shape index (κ2) is 5.92. The van der Waals surface area contributed by atoms with Crippen LogP contribution in [0.4, 0.5) is 5.69 Å². The lowest BCUT2D eigenvalue weighted by molar-refractivity contribution is 1.27.